The Morgan fingerprint density at radius 2 is 1.11 bits per heavy atom. The Hall–Kier alpha value is -3.42. The summed E-state index contributed by atoms with van der Waals surface area (Å²) in [5.41, 5.74) is 3.58. The molecular formula is C29H36N2O5. The third kappa shape index (κ3) is 5.53. The van der Waals surface area contributed by atoms with E-state index in [2.05, 4.69) is 40.1 Å². The number of piperazine rings is 1. The van der Waals surface area contributed by atoms with Crippen molar-refractivity contribution in [2.45, 2.75) is 12.6 Å². The normalized spacial score (nSPS) is 14.5. The lowest BCUT2D eigenvalue weighted by atomic mass is 9.96. The highest BCUT2D eigenvalue weighted by Crippen LogP contribution is 2.40. The minimum absolute atomic E-state index is 0.152. The van der Waals surface area contributed by atoms with Gasteiger partial charge >= 0.3 is 0 Å². The van der Waals surface area contributed by atoms with Gasteiger partial charge in [0.2, 0.25) is 5.75 Å². The molecule has 0 atom stereocenters. The highest BCUT2D eigenvalue weighted by molar-refractivity contribution is 5.55. The molecule has 3 aromatic carbocycles. The van der Waals surface area contributed by atoms with E-state index in [1.807, 2.05) is 30.3 Å². The monoisotopic (exact) mass is 492 g/mol. The van der Waals surface area contributed by atoms with Crippen LogP contribution < -0.4 is 23.7 Å². The van der Waals surface area contributed by atoms with Gasteiger partial charge in [-0.2, -0.15) is 0 Å². The van der Waals surface area contributed by atoms with Crippen LogP contribution in [-0.2, 0) is 6.54 Å². The van der Waals surface area contributed by atoms with E-state index in [0.717, 1.165) is 55.5 Å². The van der Waals surface area contributed by atoms with Crippen molar-refractivity contribution in [1.82, 2.24) is 9.80 Å². The van der Waals surface area contributed by atoms with E-state index in [0.29, 0.717) is 11.5 Å². The molecule has 0 aliphatic carbocycles. The lowest BCUT2D eigenvalue weighted by Crippen LogP contribution is -2.47. The molecule has 1 heterocycles. The summed E-state index contributed by atoms with van der Waals surface area (Å²) in [6.45, 7) is 4.56. The molecule has 4 rings (SSSR count). The number of hydrogen-bond acceptors (Lipinski definition) is 7. The lowest BCUT2D eigenvalue weighted by Gasteiger charge is -2.40. The molecule has 1 aliphatic heterocycles. The van der Waals surface area contributed by atoms with E-state index in [1.54, 1.807) is 35.5 Å². The van der Waals surface area contributed by atoms with Gasteiger partial charge in [0.15, 0.2) is 11.5 Å². The van der Waals surface area contributed by atoms with Crippen LogP contribution in [0.4, 0.5) is 0 Å². The molecular weight excluding hydrogens is 456 g/mol. The summed E-state index contributed by atoms with van der Waals surface area (Å²) in [6, 6.07) is 20.9. The molecule has 3 aromatic rings. The van der Waals surface area contributed by atoms with E-state index in [-0.39, 0.29) is 6.04 Å². The zero-order valence-electron chi connectivity index (χ0n) is 21.8. The van der Waals surface area contributed by atoms with Crippen LogP contribution in [0, 0.1) is 0 Å². The fraction of sp³-hybridized carbons (Fsp3) is 0.379. The van der Waals surface area contributed by atoms with Crippen molar-refractivity contribution in [3.8, 4) is 28.7 Å². The predicted octanol–water partition coefficient (Wildman–Crippen LogP) is 4.64. The molecule has 1 saturated heterocycles. The maximum Gasteiger partial charge on any atom is 0.203 e. The van der Waals surface area contributed by atoms with Crippen molar-refractivity contribution < 1.29 is 23.7 Å². The Kier molecular flexibility index (Phi) is 8.57. The van der Waals surface area contributed by atoms with Crippen molar-refractivity contribution in [2.75, 3.05) is 61.7 Å². The third-order valence-corrected chi connectivity index (χ3v) is 6.81. The number of methoxy groups -OCH3 is 5. The molecule has 0 bridgehead atoms. The Morgan fingerprint density at radius 3 is 1.56 bits per heavy atom. The average Bonchev–Trinajstić information content (AvgIpc) is 2.94. The summed E-state index contributed by atoms with van der Waals surface area (Å²) in [7, 11) is 8.35. The Balaban J connectivity index is 1.52. The van der Waals surface area contributed by atoms with Gasteiger partial charge in [-0.25, -0.2) is 0 Å². The summed E-state index contributed by atoms with van der Waals surface area (Å²) in [4.78, 5) is 5.01. The SMILES string of the molecule is COc1ccc(C(c2ccc(OC)cc2)N2CCN(Cc3ccc(OC)c(OC)c3OC)CC2)cc1. The van der Waals surface area contributed by atoms with Crippen molar-refractivity contribution in [2.24, 2.45) is 0 Å². The maximum absolute atomic E-state index is 5.70. The molecule has 7 heteroatoms. The van der Waals surface area contributed by atoms with E-state index in [1.165, 1.54) is 11.1 Å². The summed E-state index contributed by atoms with van der Waals surface area (Å²) < 4.78 is 27.5. The van der Waals surface area contributed by atoms with Gasteiger partial charge in [-0.1, -0.05) is 30.3 Å². The van der Waals surface area contributed by atoms with Gasteiger partial charge in [0.25, 0.3) is 0 Å². The number of benzene rings is 3. The van der Waals surface area contributed by atoms with Crippen LogP contribution in [0.1, 0.15) is 22.7 Å². The summed E-state index contributed by atoms with van der Waals surface area (Å²) in [5, 5.41) is 0. The van der Waals surface area contributed by atoms with E-state index in [4.69, 9.17) is 23.7 Å². The topological polar surface area (TPSA) is 52.6 Å². The number of rotatable bonds is 10. The molecule has 0 aromatic heterocycles. The van der Waals surface area contributed by atoms with Gasteiger partial charge in [-0.3, -0.25) is 9.80 Å². The van der Waals surface area contributed by atoms with E-state index in [9.17, 15) is 0 Å². The maximum atomic E-state index is 5.70. The first-order valence-corrected chi connectivity index (χ1v) is 12.1. The first-order valence-electron chi connectivity index (χ1n) is 12.1. The fourth-order valence-corrected chi connectivity index (χ4v) is 4.89. The predicted molar refractivity (Wildman–Crippen MR) is 141 cm³/mol. The highest BCUT2D eigenvalue weighted by atomic mass is 16.5. The van der Waals surface area contributed by atoms with Crippen molar-refractivity contribution in [3.05, 3.63) is 77.4 Å². The second-order valence-corrected chi connectivity index (χ2v) is 8.75. The number of nitrogens with zero attached hydrogens (tertiary/aromatic N) is 2. The quantitative estimate of drug-likeness (QED) is 0.409. The van der Waals surface area contributed by atoms with E-state index < -0.39 is 0 Å². The largest absolute Gasteiger partial charge is 0.497 e. The van der Waals surface area contributed by atoms with Gasteiger partial charge < -0.3 is 23.7 Å². The zero-order valence-corrected chi connectivity index (χ0v) is 21.8. The third-order valence-electron chi connectivity index (χ3n) is 6.81. The van der Waals surface area contributed by atoms with Gasteiger partial charge in [-0.05, 0) is 41.5 Å². The van der Waals surface area contributed by atoms with Crippen molar-refractivity contribution in [1.29, 1.82) is 0 Å². The molecule has 0 radical (unpaired) electrons. The van der Waals surface area contributed by atoms with Crippen molar-refractivity contribution >= 4 is 0 Å². The van der Waals surface area contributed by atoms with Crippen LogP contribution in [0.5, 0.6) is 28.7 Å². The summed E-state index contributed by atoms with van der Waals surface area (Å²) in [5.74, 6) is 3.76. The molecule has 36 heavy (non-hydrogen) atoms. The molecule has 0 amide bonds. The molecule has 0 spiro atoms. The van der Waals surface area contributed by atoms with Crippen LogP contribution in [0.25, 0.3) is 0 Å². The van der Waals surface area contributed by atoms with Gasteiger partial charge in [0.05, 0.1) is 41.6 Å². The van der Waals surface area contributed by atoms with Crippen LogP contribution >= 0.6 is 0 Å². The highest BCUT2D eigenvalue weighted by Gasteiger charge is 2.27. The first-order chi connectivity index (χ1) is 17.6. The molecule has 0 N–H and O–H groups in total. The molecule has 1 fully saturated rings. The molecule has 192 valence electrons. The van der Waals surface area contributed by atoms with E-state index >= 15 is 0 Å². The van der Waals surface area contributed by atoms with Crippen molar-refractivity contribution in [3.63, 3.8) is 0 Å². The van der Waals surface area contributed by atoms with Crippen LogP contribution in [-0.4, -0.2) is 71.5 Å². The van der Waals surface area contributed by atoms with Gasteiger partial charge in [0, 0.05) is 38.3 Å². The molecule has 1 aliphatic rings. The van der Waals surface area contributed by atoms with Crippen LogP contribution in [0.15, 0.2) is 60.7 Å². The minimum Gasteiger partial charge on any atom is -0.497 e. The lowest BCUT2D eigenvalue weighted by molar-refractivity contribution is 0.104. The standard InChI is InChI=1S/C29H36N2O5/c1-32-24-11-6-21(7-12-24)27(22-8-13-25(33-2)14-9-22)31-18-16-30(17-19-31)20-23-10-15-26(34-3)29(36-5)28(23)35-4/h6-15,27H,16-20H2,1-5H3. The zero-order chi connectivity index (χ0) is 25.5. The van der Waals surface area contributed by atoms with Crippen LogP contribution in [0.3, 0.4) is 0 Å². The molecule has 7 nitrogen and oxygen atoms in total. The molecule has 0 saturated carbocycles. The Morgan fingerprint density at radius 1 is 0.583 bits per heavy atom. The van der Waals surface area contributed by atoms with Gasteiger partial charge in [0.1, 0.15) is 11.5 Å². The fourth-order valence-electron chi connectivity index (χ4n) is 4.89. The Labute approximate surface area is 214 Å². The van der Waals surface area contributed by atoms with Gasteiger partial charge in [-0.15, -0.1) is 0 Å². The Bertz CT molecular complexity index is 1060. The first kappa shape index (κ1) is 25.7. The number of hydrogen-bond donors (Lipinski definition) is 0. The summed E-state index contributed by atoms with van der Waals surface area (Å²) in [6.07, 6.45) is 0. The second-order valence-electron chi connectivity index (χ2n) is 8.75. The number of ether oxygens (including phenoxy) is 5. The molecule has 0 unspecified atom stereocenters. The second kappa shape index (κ2) is 12.0. The van der Waals surface area contributed by atoms with Crippen LogP contribution in [0.2, 0.25) is 0 Å². The average molecular weight is 493 g/mol. The smallest absolute Gasteiger partial charge is 0.203 e. The summed E-state index contributed by atoms with van der Waals surface area (Å²) >= 11 is 0. The minimum atomic E-state index is 0.152.